The van der Waals surface area contributed by atoms with Crippen LogP contribution in [0.4, 0.5) is 0 Å². The number of nitrogens with one attached hydrogen (secondary N) is 1. The Morgan fingerprint density at radius 3 is 2.83 bits per heavy atom. The normalized spacial score (nSPS) is 17.6. The molecule has 6 heteroatoms. The van der Waals surface area contributed by atoms with E-state index in [2.05, 4.69) is 24.1 Å². The first-order chi connectivity index (χ1) is 11.1. The van der Waals surface area contributed by atoms with Gasteiger partial charge in [0.2, 0.25) is 5.91 Å². The molecule has 1 N–H and O–H groups in total. The Morgan fingerprint density at radius 2 is 2.13 bits per heavy atom. The lowest BCUT2D eigenvalue weighted by Gasteiger charge is -2.28. The highest BCUT2D eigenvalue weighted by molar-refractivity contribution is 8.23. The quantitative estimate of drug-likeness (QED) is 0.823. The second-order valence-electron chi connectivity index (χ2n) is 5.43. The summed E-state index contributed by atoms with van der Waals surface area (Å²) in [7, 11) is 0. The van der Waals surface area contributed by atoms with E-state index in [1.54, 1.807) is 0 Å². The molecular formula is C17H24N2O2S2. The largest absolute Gasteiger partial charge is 0.493 e. The van der Waals surface area contributed by atoms with Crippen molar-refractivity contribution in [3.8, 4) is 5.75 Å². The van der Waals surface area contributed by atoms with E-state index in [9.17, 15) is 4.79 Å². The zero-order valence-electron chi connectivity index (χ0n) is 13.9. The zero-order valence-corrected chi connectivity index (χ0v) is 15.5. The Bertz CT molecular complexity index is 561. The predicted octanol–water partition coefficient (Wildman–Crippen LogP) is 3.37. The van der Waals surface area contributed by atoms with Crippen molar-refractivity contribution in [2.45, 2.75) is 38.5 Å². The van der Waals surface area contributed by atoms with Crippen molar-refractivity contribution in [2.24, 2.45) is 0 Å². The Kier molecular flexibility index (Phi) is 6.72. The summed E-state index contributed by atoms with van der Waals surface area (Å²) in [4.78, 5) is 14.6. The first kappa shape index (κ1) is 18.1. The Balaban J connectivity index is 1.96. The molecule has 4 nitrogen and oxygen atoms in total. The van der Waals surface area contributed by atoms with Gasteiger partial charge in [-0.05, 0) is 26.8 Å². The van der Waals surface area contributed by atoms with E-state index in [-0.39, 0.29) is 17.2 Å². The van der Waals surface area contributed by atoms with Crippen molar-refractivity contribution in [3.05, 3.63) is 29.8 Å². The molecule has 23 heavy (non-hydrogen) atoms. The molecular weight excluding hydrogens is 328 g/mol. The third-order valence-electron chi connectivity index (χ3n) is 3.94. The zero-order chi connectivity index (χ0) is 16.8. The topological polar surface area (TPSA) is 41.6 Å². The number of thioether (sulfide) groups is 1. The molecule has 2 atom stereocenters. The summed E-state index contributed by atoms with van der Waals surface area (Å²) in [5.74, 6) is 0.884. The lowest BCUT2D eigenvalue weighted by molar-refractivity contribution is -0.121. The number of hydrogen-bond acceptors (Lipinski definition) is 4. The lowest BCUT2D eigenvalue weighted by Crippen LogP contribution is -2.38. The van der Waals surface area contributed by atoms with Gasteiger partial charge in [-0.15, -0.1) is 0 Å². The van der Waals surface area contributed by atoms with Gasteiger partial charge in [0.25, 0.3) is 0 Å². The van der Waals surface area contributed by atoms with E-state index in [0.717, 1.165) is 35.1 Å². The van der Waals surface area contributed by atoms with Crippen molar-refractivity contribution >= 4 is 34.2 Å². The summed E-state index contributed by atoms with van der Waals surface area (Å²) >= 11 is 6.87. The molecule has 0 radical (unpaired) electrons. The summed E-state index contributed by atoms with van der Waals surface area (Å²) in [6.45, 7) is 8.40. The molecule has 1 heterocycles. The van der Waals surface area contributed by atoms with E-state index in [0.29, 0.717) is 6.61 Å². The number of thiocarbonyl (C=S) groups is 1. The molecule has 1 aliphatic rings. The molecule has 0 spiro atoms. The highest BCUT2D eigenvalue weighted by Gasteiger charge is 2.25. The standard InChI is InChI=1S/C17H24N2O2S2/c1-4-19(5-2)17(22)23-12(3)16(20)18-14-10-11-21-15-9-7-6-8-13(14)15/h6-9,12,14H,4-5,10-11H2,1-3H3,(H,18,20)/t12-,14+/m1/s1. The molecule has 1 aromatic rings. The van der Waals surface area contributed by atoms with Gasteiger partial charge in [-0.3, -0.25) is 4.79 Å². The minimum Gasteiger partial charge on any atom is -0.493 e. The van der Waals surface area contributed by atoms with Gasteiger partial charge in [0, 0.05) is 25.1 Å². The third-order valence-corrected chi connectivity index (χ3v) is 5.52. The molecule has 0 saturated carbocycles. The highest BCUT2D eigenvalue weighted by Crippen LogP contribution is 2.31. The molecule has 0 fully saturated rings. The molecule has 0 saturated heterocycles. The van der Waals surface area contributed by atoms with E-state index >= 15 is 0 Å². The van der Waals surface area contributed by atoms with Gasteiger partial charge in [-0.25, -0.2) is 0 Å². The van der Waals surface area contributed by atoms with Crippen LogP contribution in [0.15, 0.2) is 24.3 Å². The first-order valence-electron chi connectivity index (χ1n) is 8.04. The number of nitrogens with zero attached hydrogens (tertiary/aromatic N) is 1. The van der Waals surface area contributed by atoms with Gasteiger partial charge < -0.3 is 15.0 Å². The minimum atomic E-state index is -0.210. The number of ether oxygens (including phenoxy) is 1. The van der Waals surface area contributed by atoms with Crippen LogP contribution in [-0.2, 0) is 4.79 Å². The average molecular weight is 353 g/mol. The molecule has 1 aromatic carbocycles. The van der Waals surface area contributed by atoms with Crippen molar-refractivity contribution in [3.63, 3.8) is 0 Å². The molecule has 0 aromatic heterocycles. The molecule has 1 aliphatic heterocycles. The van der Waals surface area contributed by atoms with Gasteiger partial charge in [0.1, 0.15) is 10.1 Å². The number of amides is 1. The van der Waals surface area contributed by atoms with Crippen LogP contribution < -0.4 is 10.1 Å². The molecule has 0 aliphatic carbocycles. The Morgan fingerprint density at radius 1 is 1.43 bits per heavy atom. The van der Waals surface area contributed by atoms with E-state index in [1.807, 2.05) is 31.2 Å². The lowest BCUT2D eigenvalue weighted by atomic mass is 10.0. The van der Waals surface area contributed by atoms with Gasteiger partial charge >= 0.3 is 0 Å². The fraction of sp³-hybridized carbons (Fsp3) is 0.529. The molecule has 1 amide bonds. The molecule has 0 unspecified atom stereocenters. The van der Waals surface area contributed by atoms with Crippen molar-refractivity contribution in [2.75, 3.05) is 19.7 Å². The van der Waals surface area contributed by atoms with Crippen LogP contribution in [0.1, 0.15) is 38.8 Å². The smallest absolute Gasteiger partial charge is 0.233 e. The van der Waals surface area contributed by atoms with Gasteiger partial charge in [-0.1, -0.05) is 42.2 Å². The summed E-state index contributed by atoms with van der Waals surface area (Å²) in [6, 6.07) is 7.89. The van der Waals surface area contributed by atoms with Crippen LogP contribution in [0.3, 0.4) is 0 Å². The van der Waals surface area contributed by atoms with Crippen LogP contribution >= 0.6 is 24.0 Å². The fourth-order valence-corrected chi connectivity index (χ4v) is 4.12. The van der Waals surface area contributed by atoms with Crippen molar-refractivity contribution in [1.82, 2.24) is 10.2 Å². The van der Waals surface area contributed by atoms with Gasteiger partial charge in [0.15, 0.2) is 0 Å². The SMILES string of the molecule is CCN(CC)C(=S)S[C@H](C)C(=O)N[C@H]1CCOc2ccccc21. The minimum absolute atomic E-state index is 0.0116. The Hall–Kier alpha value is -1.27. The van der Waals surface area contributed by atoms with Crippen LogP contribution in [0.25, 0.3) is 0 Å². The number of carbonyl (C=O) groups is 1. The number of rotatable bonds is 5. The van der Waals surface area contributed by atoms with Crippen LogP contribution in [0.5, 0.6) is 5.75 Å². The summed E-state index contributed by atoms with van der Waals surface area (Å²) in [5.41, 5.74) is 1.05. The van der Waals surface area contributed by atoms with Gasteiger partial charge in [0.05, 0.1) is 17.9 Å². The summed E-state index contributed by atoms with van der Waals surface area (Å²) in [5, 5.41) is 2.93. The van der Waals surface area contributed by atoms with E-state index in [4.69, 9.17) is 17.0 Å². The maximum Gasteiger partial charge on any atom is 0.233 e. The van der Waals surface area contributed by atoms with Crippen LogP contribution in [0.2, 0.25) is 0 Å². The maximum atomic E-state index is 12.5. The Labute approximate surface area is 148 Å². The number of fused-ring (bicyclic) bond motifs is 1. The van der Waals surface area contributed by atoms with Crippen LogP contribution in [-0.4, -0.2) is 40.1 Å². The third kappa shape index (κ3) is 4.61. The predicted molar refractivity (Wildman–Crippen MR) is 100 cm³/mol. The average Bonchev–Trinajstić information content (AvgIpc) is 2.56. The summed E-state index contributed by atoms with van der Waals surface area (Å²) in [6.07, 6.45) is 0.792. The molecule has 126 valence electrons. The van der Waals surface area contributed by atoms with Crippen LogP contribution in [0, 0.1) is 0 Å². The number of para-hydroxylation sites is 1. The highest BCUT2D eigenvalue weighted by atomic mass is 32.2. The molecule has 0 bridgehead atoms. The first-order valence-corrected chi connectivity index (χ1v) is 9.33. The van der Waals surface area contributed by atoms with Gasteiger partial charge in [-0.2, -0.15) is 0 Å². The van der Waals surface area contributed by atoms with E-state index < -0.39 is 0 Å². The number of benzene rings is 1. The van der Waals surface area contributed by atoms with E-state index in [1.165, 1.54) is 11.8 Å². The van der Waals surface area contributed by atoms with Crippen molar-refractivity contribution < 1.29 is 9.53 Å². The number of hydrogen-bond donors (Lipinski definition) is 1. The fourth-order valence-electron chi connectivity index (χ4n) is 2.54. The summed E-state index contributed by atoms with van der Waals surface area (Å²) < 4.78 is 6.42. The second kappa shape index (κ2) is 8.55. The van der Waals surface area contributed by atoms with Crippen molar-refractivity contribution in [1.29, 1.82) is 0 Å². The second-order valence-corrected chi connectivity index (χ2v) is 7.41. The number of carbonyl (C=O) groups excluding carboxylic acids is 1. The molecule has 2 rings (SSSR count). The maximum absolute atomic E-state index is 12.5. The monoisotopic (exact) mass is 352 g/mol.